The molecule has 0 spiro atoms. The number of unbranched alkanes of at least 4 members (excludes halogenated alkanes) is 2. The number of nitrogens with one attached hydrogen (secondary N) is 2. The predicted molar refractivity (Wildman–Crippen MR) is 150 cm³/mol. The van der Waals surface area contributed by atoms with Crippen molar-refractivity contribution in [3.63, 3.8) is 0 Å². The Labute approximate surface area is 215 Å². The van der Waals surface area contributed by atoms with Crippen LogP contribution >= 0.6 is 0 Å². The van der Waals surface area contributed by atoms with Crippen molar-refractivity contribution in [2.45, 2.75) is 90.0 Å². The molecule has 0 saturated carbocycles. The molecular formula is C30H48N2O2S. The zero-order chi connectivity index (χ0) is 25.9. The molecule has 0 aliphatic carbocycles. The second kappa shape index (κ2) is 14.2. The first-order valence-electron chi connectivity index (χ1n) is 13.4. The van der Waals surface area contributed by atoms with Gasteiger partial charge >= 0.3 is 0 Å². The van der Waals surface area contributed by atoms with Gasteiger partial charge in [-0.05, 0) is 98.8 Å². The van der Waals surface area contributed by atoms with Gasteiger partial charge in [0.05, 0.1) is 10.6 Å². The van der Waals surface area contributed by atoms with Crippen LogP contribution in [0.15, 0.2) is 53.4 Å². The Bertz CT molecular complexity index is 959. The molecular weight excluding hydrogens is 452 g/mol. The first-order chi connectivity index (χ1) is 16.5. The maximum Gasteiger partial charge on any atom is 0.178 e. The van der Waals surface area contributed by atoms with Gasteiger partial charge in [-0.3, -0.25) is 0 Å². The van der Waals surface area contributed by atoms with Crippen LogP contribution in [0.4, 0.5) is 0 Å². The molecule has 2 aromatic rings. The van der Waals surface area contributed by atoms with Crippen LogP contribution in [0.3, 0.4) is 0 Å². The summed E-state index contributed by atoms with van der Waals surface area (Å²) in [4.78, 5) is 0.430. The topological polar surface area (TPSA) is 58.2 Å². The number of hydrogen-bond acceptors (Lipinski definition) is 4. The predicted octanol–water partition coefficient (Wildman–Crippen LogP) is 6.46. The summed E-state index contributed by atoms with van der Waals surface area (Å²) in [7, 11) is -3.25. The van der Waals surface area contributed by atoms with E-state index in [1.54, 1.807) is 12.1 Å². The molecule has 196 valence electrons. The molecule has 0 heterocycles. The molecule has 35 heavy (non-hydrogen) atoms. The summed E-state index contributed by atoms with van der Waals surface area (Å²) < 4.78 is 25.6. The van der Waals surface area contributed by atoms with Crippen LogP contribution in [0.2, 0.25) is 0 Å². The van der Waals surface area contributed by atoms with Crippen LogP contribution in [-0.2, 0) is 21.7 Å². The van der Waals surface area contributed by atoms with E-state index >= 15 is 0 Å². The van der Waals surface area contributed by atoms with Crippen LogP contribution in [0.5, 0.6) is 0 Å². The Hall–Kier alpha value is -1.69. The minimum atomic E-state index is -3.25. The molecule has 0 aliphatic heterocycles. The number of rotatable bonds is 15. The van der Waals surface area contributed by atoms with E-state index in [1.807, 2.05) is 12.1 Å². The third-order valence-corrected chi connectivity index (χ3v) is 8.29. The van der Waals surface area contributed by atoms with Crippen molar-refractivity contribution in [1.82, 2.24) is 10.6 Å². The molecule has 2 N–H and O–H groups in total. The zero-order valence-electron chi connectivity index (χ0n) is 22.9. The maximum atomic E-state index is 12.8. The Balaban J connectivity index is 1.72. The average Bonchev–Trinajstić information content (AvgIpc) is 2.80. The summed E-state index contributed by atoms with van der Waals surface area (Å²) in [5, 5.41) is 7.02. The van der Waals surface area contributed by atoms with Crippen LogP contribution in [-0.4, -0.2) is 33.8 Å². The van der Waals surface area contributed by atoms with Gasteiger partial charge in [0.2, 0.25) is 0 Å². The van der Waals surface area contributed by atoms with Crippen molar-refractivity contribution in [3.8, 4) is 0 Å². The largest absolute Gasteiger partial charge is 0.316 e. The summed E-state index contributed by atoms with van der Waals surface area (Å²) in [5.41, 5.74) is 3.88. The highest BCUT2D eigenvalue weighted by atomic mass is 32.2. The average molecular weight is 501 g/mol. The van der Waals surface area contributed by atoms with Crippen molar-refractivity contribution in [2.24, 2.45) is 5.92 Å². The molecule has 0 radical (unpaired) electrons. The van der Waals surface area contributed by atoms with E-state index in [-0.39, 0.29) is 17.2 Å². The van der Waals surface area contributed by atoms with E-state index in [0.717, 1.165) is 50.9 Å². The summed E-state index contributed by atoms with van der Waals surface area (Å²) in [6, 6.07) is 16.4. The smallest absolute Gasteiger partial charge is 0.178 e. The molecule has 2 aromatic carbocycles. The van der Waals surface area contributed by atoms with Crippen molar-refractivity contribution in [3.05, 3.63) is 65.2 Å². The van der Waals surface area contributed by atoms with E-state index in [0.29, 0.717) is 17.2 Å². The van der Waals surface area contributed by atoms with Gasteiger partial charge in [0.15, 0.2) is 9.84 Å². The first-order valence-corrected chi connectivity index (χ1v) is 15.0. The van der Waals surface area contributed by atoms with Gasteiger partial charge in [-0.1, -0.05) is 71.0 Å². The Morgan fingerprint density at radius 1 is 0.800 bits per heavy atom. The Morgan fingerprint density at radius 2 is 1.43 bits per heavy atom. The molecule has 1 atom stereocenters. The van der Waals surface area contributed by atoms with Gasteiger partial charge in [-0.25, -0.2) is 8.42 Å². The molecule has 4 nitrogen and oxygen atoms in total. The van der Waals surface area contributed by atoms with Crippen LogP contribution in [0.25, 0.3) is 0 Å². The minimum Gasteiger partial charge on any atom is -0.316 e. The van der Waals surface area contributed by atoms with E-state index in [4.69, 9.17) is 0 Å². The van der Waals surface area contributed by atoms with Gasteiger partial charge in [0, 0.05) is 6.04 Å². The van der Waals surface area contributed by atoms with Crippen molar-refractivity contribution >= 4 is 9.84 Å². The first kappa shape index (κ1) is 29.5. The fourth-order valence-electron chi connectivity index (χ4n) is 4.08. The lowest BCUT2D eigenvalue weighted by atomic mass is 9.86. The summed E-state index contributed by atoms with van der Waals surface area (Å²) in [6.45, 7) is 16.3. The summed E-state index contributed by atoms with van der Waals surface area (Å²) in [5.74, 6) is 0.891. The van der Waals surface area contributed by atoms with Crippen molar-refractivity contribution < 1.29 is 8.42 Å². The fourth-order valence-corrected chi connectivity index (χ4v) is 5.45. The third kappa shape index (κ3) is 10.8. The quantitative estimate of drug-likeness (QED) is 0.276. The monoisotopic (exact) mass is 500 g/mol. The molecule has 0 fully saturated rings. The standard InChI is InChI=1S/C30H48N2O2S/c1-24(2)23-31-20-8-9-21-32-25(3)27-14-18-29(19-15-27)35(33,34)22-10-7-11-26-12-16-28(17-13-26)30(4,5)6/h12-19,24-25,31-32H,7-11,20-23H2,1-6H3. The molecule has 0 amide bonds. The molecule has 0 aliphatic rings. The van der Waals surface area contributed by atoms with Gasteiger partial charge in [-0.2, -0.15) is 0 Å². The van der Waals surface area contributed by atoms with Gasteiger partial charge in [0.1, 0.15) is 0 Å². The molecule has 0 aromatic heterocycles. The lowest BCUT2D eigenvalue weighted by molar-refractivity contribution is 0.509. The number of hydrogen-bond donors (Lipinski definition) is 2. The maximum absolute atomic E-state index is 12.8. The molecule has 0 bridgehead atoms. The summed E-state index contributed by atoms with van der Waals surface area (Å²) in [6.07, 6.45) is 4.75. The van der Waals surface area contributed by atoms with Crippen molar-refractivity contribution in [1.29, 1.82) is 0 Å². The summed E-state index contributed by atoms with van der Waals surface area (Å²) >= 11 is 0. The van der Waals surface area contributed by atoms with E-state index < -0.39 is 9.84 Å². The van der Waals surface area contributed by atoms with Crippen LogP contribution < -0.4 is 10.6 Å². The second-order valence-corrected chi connectivity index (χ2v) is 13.4. The Morgan fingerprint density at radius 3 is 2.03 bits per heavy atom. The minimum absolute atomic E-state index is 0.153. The van der Waals surface area contributed by atoms with Crippen LogP contribution in [0, 0.1) is 5.92 Å². The van der Waals surface area contributed by atoms with E-state index in [2.05, 4.69) is 76.4 Å². The second-order valence-electron chi connectivity index (χ2n) is 11.3. The van der Waals surface area contributed by atoms with E-state index in [9.17, 15) is 8.42 Å². The zero-order valence-corrected chi connectivity index (χ0v) is 23.7. The number of benzene rings is 2. The SMILES string of the molecule is CC(C)CNCCCCNC(C)c1ccc(S(=O)(=O)CCCCc2ccc(C(C)(C)C)cc2)cc1. The number of aryl methyl sites for hydroxylation is 1. The highest BCUT2D eigenvalue weighted by Gasteiger charge is 2.15. The lowest BCUT2D eigenvalue weighted by Crippen LogP contribution is -2.23. The highest BCUT2D eigenvalue weighted by Crippen LogP contribution is 2.23. The van der Waals surface area contributed by atoms with E-state index in [1.165, 1.54) is 11.1 Å². The van der Waals surface area contributed by atoms with Gasteiger partial charge < -0.3 is 10.6 Å². The molecule has 2 rings (SSSR count). The Kier molecular flexibility index (Phi) is 11.9. The molecule has 1 unspecified atom stereocenters. The van der Waals surface area contributed by atoms with Crippen molar-refractivity contribution in [2.75, 3.05) is 25.4 Å². The fraction of sp³-hybridized carbons (Fsp3) is 0.600. The highest BCUT2D eigenvalue weighted by molar-refractivity contribution is 7.91. The van der Waals surface area contributed by atoms with Gasteiger partial charge in [0.25, 0.3) is 0 Å². The van der Waals surface area contributed by atoms with Crippen LogP contribution in [0.1, 0.15) is 90.0 Å². The molecule has 5 heteroatoms. The molecule has 0 saturated heterocycles. The van der Waals surface area contributed by atoms with Gasteiger partial charge in [-0.15, -0.1) is 0 Å². The third-order valence-electron chi connectivity index (χ3n) is 6.47. The normalized spacial score (nSPS) is 13.3. The lowest BCUT2D eigenvalue weighted by Gasteiger charge is -2.19. The number of sulfone groups is 1.